The van der Waals surface area contributed by atoms with Crippen LogP contribution in [0.15, 0.2) is 47.4 Å². The number of sulfonamides is 1. The Balaban J connectivity index is 1.59. The van der Waals surface area contributed by atoms with E-state index in [1.807, 2.05) is 0 Å². The van der Waals surface area contributed by atoms with Crippen LogP contribution in [0.25, 0.3) is 0 Å². The molecule has 2 aromatic rings. The van der Waals surface area contributed by atoms with Crippen molar-refractivity contribution < 1.29 is 27.5 Å². The molecule has 1 heterocycles. The Bertz CT molecular complexity index is 1110. The highest BCUT2D eigenvalue weighted by Gasteiger charge is 2.37. The maximum Gasteiger partial charge on any atom is 0.309 e. The van der Waals surface area contributed by atoms with Gasteiger partial charge in [-0.1, -0.05) is 29.8 Å². The number of carbonyl (C=O) groups excluding carboxylic acids is 2. The first-order chi connectivity index (χ1) is 15.2. The number of nitrogens with zero attached hydrogens (tertiary/aromatic N) is 1. The first-order valence-corrected chi connectivity index (χ1v) is 11.6. The normalized spacial score (nSPS) is 16.5. The predicted octanol–water partition coefficient (Wildman–Crippen LogP) is 1.44. The van der Waals surface area contributed by atoms with Gasteiger partial charge in [0, 0.05) is 18.1 Å². The van der Waals surface area contributed by atoms with Crippen LogP contribution in [-0.2, 0) is 30.9 Å². The number of ether oxygens (including phenoxy) is 2. The van der Waals surface area contributed by atoms with Gasteiger partial charge in [-0.2, -0.15) is 4.31 Å². The maximum absolute atomic E-state index is 13.1. The summed E-state index contributed by atoms with van der Waals surface area (Å²) in [5.41, 5.74) is 1.34. The van der Waals surface area contributed by atoms with Crippen LogP contribution in [0, 0.1) is 6.92 Å². The second kappa shape index (κ2) is 10.3. The summed E-state index contributed by atoms with van der Waals surface area (Å²) in [6.45, 7) is 1.97. The summed E-state index contributed by atoms with van der Waals surface area (Å²) in [4.78, 5) is 24.3. The second-order valence-corrected chi connectivity index (χ2v) is 9.35. The molecule has 2 N–H and O–H groups in total. The summed E-state index contributed by atoms with van der Waals surface area (Å²) in [5.74, 6) is -1.18. The molecule has 1 aliphatic heterocycles. The van der Waals surface area contributed by atoms with Gasteiger partial charge in [-0.05, 0) is 42.3 Å². The van der Waals surface area contributed by atoms with E-state index in [4.69, 9.17) is 21.1 Å². The summed E-state index contributed by atoms with van der Waals surface area (Å²) in [7, 11) is -2.36. The lowest BCUT2D eigenvalue weighted by atomic mass is 10.2. The molecule has 1 fully saturated rings. The maximum atomic E-state index is 13.1. The zero-order valence-corrected chi connectivity index (χ0v) is 19.2. The van der Waals surface area contributed by atoms with Gasteiger partial charge in [0.25, 0.3) is 0 Å². The number of hydrogen-bond acceptors (Lipinski definition) is 6. The van der Waals surface area contributed by atoms with E-state index in [-0.39, 0.29) is 31.1 Å². The molecule has 0 saturated carbocycles. The minimum Gasteiger partial charge on any atom is -0.496 e. The van der Waals surface area contributed by atoms with Crippen LogP contribution < -0.4 is 15.4 Å². The molecule has 0 bridgehead atoms. The molecule has 32 heavy (non-hydrogen) atoms. The fourth-order valence-electron chi connectivity index (χ4n) is 3.25. The van der Waals surface area contributed by atoms with Crippen molar-refractivity contribution in [2.75, 3.05) is 26.8 Å². The number of rotatable bonds is 7. The molecule has 0 aromatic heterocycles. The fourth-order valence-corrected chi connectivity index (χ4v) is 5.05. The highest BCUT2D eigenvalue weighted by atomic mass is 35.5. The molecule has 0 spiro atoms. The average Bonchev–Trinajstić information content (AvgIpc) is 3.26. The summed E-state index contributed by atoms with van der Waals surface area (Å²) < 4.78 is 38.0. The largest absolute Gasteiger partial charge is 0.496 e. The summed E-state index contributed by atoms with van der Waals surface area (Å²) in [6, 6.07) is 11.5. The van der Waals surface area contributed by atoms with Crippen LogP contribution in [0.1, 0.15) is 11.1 Å². The molecule has 2 amide bonds. The van der Waals surface area contributed by atoms with Gasteiger partial charge in [0.05, 0.1) is 25.2 Å². The third-order valence-electron chi connectivity index (χ3n) is 4.96. The number of methoxy groups -OCH3 is 1. The highest BCUT2D eigenvalue weighted by Crippen LogP contribution is 2.26. The molecular formula is C21H24ClN3O6S. The van der Waals surface area contributed by atoms with E-state index in [0.29, 0.717) is 21.9 Å². The van der Waals surface area contributed by atoms with E-state index >= 15 is 0 Å². The van der Waals surface area contributed by atoms with E-state index < -0.39 is 28.1 Å². The first kappa shape index (κ1) is 24.0. The van der Waals surface area contributed by atoms with Crippen molar-refractivity contribution in [3.63, 3.8) is 0 Å². The molecule has 0 radical (unpaired) electrons. The van der Waals surface area contributed by atoms with Crippen LogP contribution in [0.2, 0.25) is 5.02 Å². The van der Waals surface area contributed by atoms with E-state index in [9.17, 15) is 18.0 Å². The van der Waals surface area contributed by atoms with Crippen LogP contribution in [-0.4, -0.2) is 57.6 Å². The molecule has 1 aliphatic rings. The molecule has 11 heteroatoms. The van der Waals surface area contributed by atoms with E-state index in [0.717, 1.165) is 4.31 Å². The Labute approximate surface area is 191 Å². The second-order valence-electron chi connectivity index (χ2n) is 7.06. The molecule has 0 aliphatic carbocycles. The quantitative estimate of drug-likeness (QED) is 0.578. The van der Waals surface area contributed by atoms with Gasteiger partial charge in [-0.15, -0.1) is 0 Å². The molecule has 1 unspecified atom stereocenters. The fraction of sp³-hybridized carbons (Fsp3) is 0.333. The molecule has 2 aromatic carbocycles. The Kier molecular flexibility index (Phi) is 7.73. The highest BCUT2D eigenvalue weighted by molar-refractivity contribution is 7.89. The third kappa shape index (κ3) is 5.39. The summed E-state index contributed by atoms with van der Waals surface area (Å²) in [5, 5.41) is 5.38. The van der Waals surface area contributed by atoms with Crippen molar-refractivity contribution in [1.29, 1.82) is 0 Å². The standard InChI is InChI=1S/C21H24ClN3O6S/c1-14-11-16(7-8-18(14)30-2)32(28,29)25-9-10-31-19(25)13-24-21(27)20(26)23-12-15-5-3-4-6-17(15)22/h3-8,11,19H,9-10,12-13H2,1-2H3,(H,23,26)(H,24,27). The number of aryl methyl sites for hydroxylation is 1. The van der Waals surface area contributed by atoms with Crippen LogP contribution in [0.5, 0.6) is 5.75 Å². The van der Waals surface area contributed by atoms with Crippen molar-refractivity contribution in [1.82, 2.24) is 14.9 Å². The first-order valence-electron chi connectivity index (χ1n) is 9.81. The Morgan fingerprint density at radius 2 is 1.91 bits per heavy atom. The van der Waals surface area contributed by atoms with E-state index in [2.05, 4.69) is 10.6 Å². The summed E-state index contributed by atoms with van der Waals surface area (Å²) in [6.07, 6.45) is -0.928. The Morgan fingerprint density at radius 3 is 2.59 bits per heavy atom. The summed E-state index contributed by atoms with van der Waals surface area (Å²) >= 11 is 6.03. The number of benzene rings is 2. The zero-order chi connectivity index (χ0) is 23.3. The topological polar surface area (TPSA) is 114 Å². The molecular weight excluding hydrogens is 458 g/mol. The lowest BCUT2D eigenvalue weighted by Crippen LogP contribution is -2.47. The van der Waals surface area contributed by atoms with Gasteiger partial charge in [0.2, 0.25) is 10.0 Å². The van der Waals surface area contributed by atoms with Crippen LogP contribution in [0.3, 0.4) is 0 Å². The van der Waals surface area contributed by atoms with Crippen molar-refractivity contribution in [3.8, 4) is 5.75 Å². The van der Waals surface area contributed by atoms with Gasteiger partial charge in [-0.25, -0.2) is 8.42 Å². The molecule has 3 rings (SSSR count). The number of hydrogen-bond donors (Lipinski definition) is 2. The van der Waals surface area contributed by atoms with Gasteiger partial charge < -0.3 is 20.1 Å². The SMILES string of the molecule is COc1ccc(S(=O)(=O)N2CCOC2CNC(=O)C(=O)NCc2ccccc2Cl)cc1C. The monoisotopic (exact) mass is 481 g/mol. The van der Waals surface area contributed by atoms with Gasteiger partial charge >= 0.3 is 11.8 Å². The number of nitrogens with one attached hydrogen (secondary N) is 2. The van der Waals surface area contributed by atoms with E-state index in [1.54, 1.807) is 37.3 Å². The molecule has 1 saturated heterocycles. The van der Waals surface area contributed by atoms with Gasteiger partial charge in [0.1, 0.15) is 12.0 Å². The average molecular weight is 482 g/mol. The third-order valence-corrected chi connectivity index (χ3v) is 7.21. The Hall–Kier alpha value is -2.66. The Morgan fingerprint density at radius 1 is 1.19 bits per heavy atom. The number of carbonyl (C=O) groups is 2. The molecule has 1 atom stereocenters. The predicted molar refractivity (Wildman–Crippen MR) is 118 cm³/mol. The zero-order valence-electron chi connectivity index (χ0n) is 17.6. The number of halogens is 1. The number of amides is 2. The molecule has 172 valence electrons. The van der Waals surface area contributed by atoms with Gasteiger partial charge in [-0.3, -0.25) is 9.59 Å². The van der Waals surface area contributed by atoms with Crippen LogP contribution in [0.4, 0.5) is 0 Å². The minimum atomic E-state index is -3.87. The van der Waals surface area contributed by atoms with Crippen LogP contribution >= 0.6 is 11.6 Å². The minimum absolute atomic E-state index is 0.0865. The van der Waals surface area contributed by atoms with Crippen molar-refractivity contribution >= 4 is 33.4 Å². The van der Waals surface area contributed by atoms with Crippen molar-refractivity contribution in [3.05, 3.63) is 58.6 Å². The van der Waals surface area contributed by atoms with Crippen molar-refractivity contribution in [2.24, 2.45) is 0 Å². The lowest BCUT2D eigenvalue weighted by molar-refractivity contribution is -0.139. The molecule has 9 nitrogen and oxygen atoms in total. The lowest BCUT2D eigenvalue weighted by Gasteiger charge is -2.23. The van der Waals surface area contributed by atoms with E-state index in [1.165, 1.54) is 19.2 Å². The van der Waals surface area contributed by atoms with Gasteiger partial charge in [0.15, 0.2) is 0 Å². The smallest absolute Gasteiger partial charge is 0.309 e. The van der Waals surface area contributed by atoms with Crippen molar-refractivity contribution in [2.45, 2.75) is 24.6 Å².